The molecule has 4 heteroatoms. The van der Waals surface area contributed by atoms with Crippen LogP contribution >= 0.6 is 0 Å². The fourth-order valence-corrected chi connectivity index (χ4v) is 2.85. The van der Waals surface area contributed by atoms with Gasteiger partial charge in [0, 0.05) is 13.1 Å². The zero-order valence-electron chi connectivity index (χ0n) is 10.4. The first kappa shape index (κ1) is 11.4. The van der Waals surface area contributed by atoms with Crippen LogP contribution in [0.3, 0.4) is 0 Å². The van der Waals surface area contributed by atoms with Crippen LogP contribution in [0.15, 0.2) is 24.3 Å². The quantitative estimate of drug-likeness (QED) is 0.738. The predicted molar refractivity (Wildman–Crippen MR) is 67.5 cm³/mol. The van der Waals surface area contributed by atoms with E-state index in [1.165, 1.54) is 4.90 Å². The molecular formula is C14H16N2O2. The van der Waals surface area contributed by atoms with E-state index in [0.717, 1.165) is 26.1 Å². The molecule has 0 saturated carbocycles. The van der Waals surface area contributed by atoms with E-state index in [9.17, 15) is 9.59 Å². The van der Waals surface area contributed by atoms with Crippen LogP contribution in [0.25, 0.3) is 0 Å². The van der Waals surface area contributed by atoms with Crippen LogP contribution in [0.1, 0.15) is 34.1 Å². The maximum atomic E-state index is 12.3. The number of carbonyl (C=O) groups excluding carboxylic acids is 2. The Balaban J connectivity index is 1.89. The summed E-state index contributed by atoms with van der Waals surface area (Å²) in [5.74, 6) is -0.253. The molecule has 2 aliphatic rings. The Hall–Kier alpha value is -1.68. The summed E-state index contributed by atoms with van der Waals surface area (Å²) in [4.78, 5) is 28.3. The van der Waals surface area contributed by atoms with Crippen molar-refractivity contribution >= 4 is 11.8 Å². The lowest BCUT2D eigenvalue weighted by Crippen LogP contribution is -2.41. The van der Waals surface area contributed by atoms with Gasteiger partial charge in [0.1, 0.15) is 0 Å². The Morgan fingerprint density at radius 1 is 1.17 bits per heavy atom. The van der Waals surface area contributed by atoms with E-state index in [1.807, 2.05) is 0 Å². The number of rotatable bonds is 2. The first-order valence-corrected chi connectivity index (χ1v) is 6.41. The zero-order valence-corrected chi connectivity index (χ0v) is 10.4. The minimum Gasteiger partial charge on any atom is -0.301 e. The first-order chi connectivity index (χ1) is 8.72. The molecule has 2 heterocycles. The number of imide groups is 1. The fourth-order valence-electron chi connectivity index (χ4n) is 2.85. The molecule has 0 spiro atoms. The van der Waals surface area contributed by atoms with Gasteiger partial charge in [0.25, 0.3) is 11.8 Å². The molecule has 2 aliphatic heterocycles. The van der Waals surface area contributed by atoms with Crippen molar-refractivity contribution in [2.24, 2.45) is 0 Å². The summed E-state index contributed by atoms with van der Waals surface area (Å²) in [5.41, 5.74) is 1.11. The van der Waals surface area contributed by atoms with Gasteiger partial charge in [-0.15, -0.1) is 0 Å². The second kappa shape index (κ2) is 4.21. The molecule has 1 fully saturated rings. The Bertz CT molecular complexity index is 477. The molecule has 94 valence electrons. The van der Waals surface area contributed by atoms with Crippen molar-refractivity contribution in [1.82, 2.24) is 9.80 Å². The second-order valence-electron chi connectivity index (χ2n) is 4.86. The van der Waals surface area contributed by atoms with Crippen LogP contribution in [0.2, 0.25) is 0 Å². The van der Waals surface area contributed by atoms with Gasteiger partial charge in [-0.05, 0) is 25.1 Å². The molecule has 2 amide bonds. The molecule has 0 unspecified atom stereocenters. The summed E-state index contributed by atoms with van der Waals surface area (Å²) in [5, 5.41) is 0. The summed E-state index contributed by atoms with van der Waals surface area (Å²) in [6, 6.07) is 7.13. The number of fused-ring (bicyclic) bond motifs is 1. The van der Waals surface area contributed by atoms with Gasteiger partial charge >= 0.3 is 0 Å². The third-order valence-corrected chi connectivity index (χ3v) is 3.89. The Labute approximate surface area is 106 Å². The molecule has 1 saturated heterocycles. The first-order valence-electron chi connectivity index (χ1n) is 6.41. The smallest absolute Gasteiger partial charge is 0.261 e. The van der Waals surface area contributed by atoms with Crippen molar-refractivity contribution < 1.29 is 9.59 Å². The summed E-state index contributed by atoms with van der Waals surface area (Å²) < 4.78 is 0. The van der Waals surface area contributed by atoms with Crippen molar-refractivity contribution in [3.05, 3.63) is 35.4 Å². The number of carbonyl (C=O) groups is 2. The molecule has 0 aliphatic carbocycles. The average Bonchev–Trinajstić information content (AvgIpc) is 2.95. The number of hydrogen-bond acceptors (Lipinski definition) is 3. The van der Waals surface area contributed by atoms with E-state index in [0.29, 0.717) is 11.1 Å². The highest BCUT2D eigenvalue weighted by Gasteiger charge is 2.41. The van der Waals surface area contributed by atoms with Crippen LogP contribution in [0.5, 0.6) is 0 Å². The van der Waals surface area contributed by atoms with Crippen molar-refractivity contribution in [3.63, 3.8) is 0 Å². The molecule has 1 aromatic rings. The minimum absolute atomic E-state index is 0.0392. The Morgan fingerprint density at radius 3 is 2.28 bits per heavy atom. The van der Waals surface area contributed by atoms with Crippen molar-refractivity contribution in [1.29, 1.82) is 0 Å². The van der Waals surface area contributed by atoms with Crippen LogP contribution in [-0.2, 0) is 0 Å². The van der Waals surface area contributed by atoms with E-state index in [4.69, 9.17) is 0 Å². The van der Waals surface area contributed by atoms with Crippen molar-refractivity contribution in [2.45, 2.75) is 19.4 Å². The number of amides is 2. The van der Waals surface area contributed by atoms with E-state index in [2.05, 4.69) is 11.8 Å². The molecule has 0 aromatic heterocycles. The zero-order chi connectivity index (χ0) is 12.7. The topological polar surface area (TPSA) is 40.6 Å². The highest BCUT2D eigenvalue weighted by atomic mass is 16.2. The number of likely N-dealkylation sites (N-methyl/N-ethyl adjacent to an activating group) is 1. The molecule has 4 nitrogen and oxygen atoms in total. The van der Waals surface area contributed by atoms with Gasteiger partial charge in [0.2, 0.25) is 0 Å². The van der Waals surface area contributed by atoms with Crippen LogP contribution < -0.4 is 0 Å². The van der Waals surface area contributed by atoms with Gasteiger partial charge in [-0.25, -0.2) is 0 Å². The van der Waals surface area contributed by atoms with Gasteiger partial charge in [-0.1, -0.05) is 19.1 Å². The van der Waals surface area contributed by atoms with Gasteiger partial charge in [0.15, 0.2) is 0 Å². The monoisotopic (exact) mass is 244 g/mol. The molecule has 1 atom stereocenters. The molecule has 18 heavy (non-hydrogen) atoms. The Morgan fingerprint density at radius 2 is 1.78 bits per heavy atom. The molecule has 3 rings (SSSR count). The van der Waals surface area contributed by atoms with Crippen LogP contribution in [0, 0.1) is 0 Å². The van der Waals surface area contributed by atoms with Crippen LogP contribution in [-0.4, -0.2) is 47.3 Å². The molecule has 0 bridgehead atoms. The van der Waals surface area contributed by atoms with E-state index in [1.54, 1.807) is 24.3 Å². The SMILES string of the molecule is CCN1CC[C@@H](N2C(=O)c3ccccc3C2=O)C1. The normalized spacial score (nSPS) is 23.8. The predicted octanol–water partition coefficient (Wildman–Crippen LogP) is 1.38. The second-order valence-corrected chi connectivity index (χ2v) is 4.86. The summed E-state index contributed by atoms with van der Waals surface area (Å²) in [7, 11) is 0. The summed E-state index contributed by atoms with van der Waals surface area (Å²) in [6.45, 7) is 4.85. The van der Waals surface area contributed by atoms with Crippen LogP contribution in [0.4, 0.5) is 0 Å². The number of likely N-dealkylation sites (tertiary alicyclic amines) is 1. The van der Waals surface area contributed by atoms with Crippen molar-refractivity contribution in [2.75, 3.05) is 19.6 Å². The standard InChI is InChI=1S/C14H16N2O2/c1-2-15-8-7-10(9-15)16-13(17)11-5-3-4-6-12(11)14(16)18/h3-6,10H,2,7-9H2,1H3/t10-/m1/s1. The minimum atomic E-state index is -0.126. The van der Waals surface area contributed by atoms with E-state index >= 15 is 0 Å². The third kappa shape index (κ3) is 1.56. The van der Waals surface area contributed by atoms with E-state index in [-0.39, 0.29) is 17.9 Å². The highest BCUT2D eigenvalue weighted by molar-refractivity contribution is 6.21. The highest BCUT2D eigenvalue weighted by Crippen LogP contribution is 2.27. The lowest BCUT2D eigenvalue weighted by molar-refractivity contribution is 0.0589. The number of benzene rings is 1. The largest absolute Gasteiger partial charge is 0.301 e. The fraction of sp³-hybridized carbons (Fsp3) is 0.429. The third-order valence-electron chi connectivity index (χ3n) is 3.89. The summed E-state index contributed by atoms with van der Waals surface area (Å²) in [6.07, 6.45) is 0.888. The Kier molecular flexibility index (Phi) is 2.67. The lowest BCUT2D eigenvalue weighted by atomic mass is 10.1. The van der Waals surface area contributed by atoms with Gasteiger partial charge < -0.3 is 4.90 Å². The lowest BCUT2D eigenvalue weighted by Gasteiger charge is -2.22. The maximum Gasteiger partial charge on any atom is 0.261 e. The average molecular weight is 244 g/mol. The summed E-state index contributed by atoms with van der Waals surface area (Å²) >= 11 is 0. The van der Waals surface area contributed by atoms with Crippen molar-refractivity contribution in [3.8, 4) is 0 Å². The molecule has 0 N–H and O–H groups in total. The number of nitrogens with zero attached hydrogens (tertiary/aromatic N) is 2. The van der Waals surface area contributed by atoms with E-state index < -0.39 is 0 Å². The van der Waals surface area contributed by atoms with Gasteiger partial charge in [0.05, 0.1) is 17.2 Å². The van der Waals surface area contributed by atoms with Gasteiger partial charge in [-0.3, -0.25) is 14.5 Å². The molecule has 1 aromatic carbocycles. The number of hydrogen-bond donors (Lipinski definition) is 0. The molecule has 0 radical (unpaired) electrons. The van der Waals surface area contributed by atoms with Gasteiger partial charge in [-0.2, -0.15) is 0 Å². The molecular weight excluding hydrogens is 228 g/mol. The maximum absolute atomic E-state index is 12.3.